The van der Waals surface area contributed by atoms with Crippen LogP contribution in [0.3, 0.4) is 0 Å². The lowest BCUT2D eigenvalue weighted by molar-refractivity contribution is 0.194. The molecule has 1 aliphatic rings. The van der Waals surface area contributed by atoms with E-state index in [9.17, 15) is 4.79 Å². The highest BCUT2D eigenvalue weighted by Gasteiger charge is 2.46. The number of para-hydroxylation sites is 1. The van der Waals surface area contributed by atoms with E-state index in [4.69, 9.17) is 10.5 Å². The van der Waals surface area contributed by atoms with Gasteiger partial charge in [-0.3, -0.25) is 0 Å². The van der Waals surface area contributed by atoms with Crippen LogP contribution in [0.15, 0.2) is 24.3 Å². The first-order valence-corrected chi connectivity index (χ1v) is 6.08. The number of hydrogen-bond acceptors (Lipinski definition) is 3. The van der Waals surface area contributed by atoms with Gasteiger partial charge in [0.05, 0.1) is 12.1 Å². The molecule has 0 radical (unpaired) electrons. The van der Waals surface area contributed by atoms with Crippen molar-refractivity contribution < 1.29 is 9.53 Å². The van der Waals surface area contributed by atoms with Gasteiger partial charge in [0, 0.05) is 24.9 Å². The van der Waals surface area contributed by atoms with Crippen LogP contribution in [-0.2, 0) is 10.3 Å². The molecule has 5 heteroatoms. The van der Waals surface area contributed by atoms with Crippen LogP contribution in [0.5, 0.6) is 0 Å². The molecule has 0 atom stereocenters. The SMILES string of the molecule is COCCNC(=O)NC1(c2ccccc2N)CC1. The van der Waals surface area contributed by atoms with Crippen molar-refractivity contribution in [3.63, 3.8) is 0 Å². The maximum absolute atomic E-state index is 11.7. The largest absolute Gasteiger partial charge is 0.398 e. The standard InChI is InChI=1S/C13H19N3O2/c1-18-9-8-15-12(17)16-13(6-7-13)10-4-2-3-5-11(10)14/h2-5H,6-9,14H2,1H3,(H2,15,16,17). The van der Waals surface area contributed by atoms with Crippen LogP contribution in [0.2, 0.25) is 0 Å². The Bertz CT molecular complexity index is 430. The summed E-state index contributed by atoms with van der Waals surface area (Å²) in [6, 6.07) is 7.49. The van der Waals surface area contributed by atoms with Crippen LogP contribution in [0.25, 0.3) is 0 Å². The Morgan fingerprint density at radius 3 is 2.78 bits per heavy atom. The summed E-state index contributed by atoms with van der Waals surface area (Å²) in [6.07, 6.45) is 1.86. The first kappa shape index (κ1) is 12.7. The van der Waals surface area contributed by atoms with Crippen molar-refractivity contribution in [1.82, 2.24) is 10.6 Å². The lowest BCUT2D eigenvalue weighted by atomic mass is 10.0. The summed E-state index contributed by atoms with van der Waals surface area (Å²) >= 11 is 0. The van der Waals surface area contributed by atoms with Crippen LogP contribution in [-0.4, -0.2) is 26.3 Å². The van der Waals surface area contributed by atoms with E-state index < -0.39 is 0 Å². The van der Waals surface area contributed by atoms with Crippen molar-refractivity contribution in [3.8, 4) is 0 Å². The van der Waals surface area contributed by atoms with E-state index in [0.717, 1.165) is 24.1 Å². The van der Waals surface area contributed by atoms with E-state index in [1.165, 1.54) is 0 Å². The fourth-order valence-corrected chi connectivity index (χ4v) is 2.05. The third-order valence-electron chi connectivity index (χ3n) is 3.17. The molecule has 0 saturated heterocycles. The van der Waals surface area contributed by atoms with E-state index in [2.05, 4.69) is 10.6 Å². The lowest BCUT2D eigenvalue weighted by Crippen LogP contribution is -2.43. The molecule has 1 fully saturated rings. The first-order valence-electron chi connectivity index (χ1n) is 6.08. The van der Waals surface area contributed by atoms with Crippen molar-refractivity contribution in [2.75, 3.05) is 26.0 Å². The lowest BCUT2D eigenvalue weighted by Gasteiger charge is -2.20. The number of ether oxygens (including phenoxy) is 1. The van der Waals surface area contributed by atoms with Gasteiger partial charge in [-0.05, 0) is 18.9 Å². The van der Waals surface area contributed by atoms with Crippen molar-refractivity contribution in [3.05, 3.63) is 29.8 Å². The van der Waals surface area contributed by atoms with Crippen molar-refractivity contribution >= 4 is 11.7 Å². The second-order valence-corrected chi connectivity index (χ2v) is 4.54. The molecule has 1 aromatic carbocycles. The minimum Gasteiger partial charge on any atom is -0.398 e. The molecule has 0 spiro atoms. The molecular formula is C13H19N3O2. The molecule has 5 nitrogen and oxygen atoms in total. The number of nitrogens with two attached hydrogens (primary N) is 1. The molecule has 0 bridgehead atoms. The van der Waals surface area contributed by atoms with Crippen LogP contribution in [0.4, 0.5) is 10.5 Å². The van der Waals surface area contributed by atoms with Crippen molar-refractivity contribution in [2.45, 2.75) is 18.4 Å². The highest BCUT2D eigenvalue weighted by Crippen LogP contribution is 2.47. The fourth-order valence-electron chi connectivity index (χ4n) is 2.05. The fraction of sp³-hybridized carbons (Fsp3) is 0.462. The van der Waals surface area contributed by atoms with Crippen LogP contribution in [0.1, 0.15) is 18.4 Å². The second kappa shape index (κ2) is 5.27. The minimum absolute atomic E-state index is 0.173. The third kappa shape index (κ3) is 2.73. The topological polar surface area (TPSA) is 76.4 Å². The molecular weight excluding hydrogens is 230 g/mol. The van der Waals surface area contributed by atoms with Gasteiger partial charge in [-0.15, -0.1) is 0 Å². The van der Waals surface area contributed by atoms with Crippen LogP contribution < -0.4 is 16.4 Å². The van der Waals surface area contributed by atoms with E-state index in [-0.39, 0.29) is 11.6 Å². The van der Waals surface area contributed by atoms with Gasteiger partial charge in [-0.2, -0.15) is 0 Å². The normalized spacial score (nSPS) is 16.1. The molecule has 1 aromatic rings. The molecule has 2 amide bonds. The zero-order valence-corrected chi connectivity index (χ0v) is 10.5. The van der Waals surface area contributed by atoms with Gasteiger partial charge in [0.1, 0.15) is 0 Å². The maximum Gasteiger partial charge on any atom is 0.315 e. The number of amides is 2. The molecule has 0 aliphatic heterocycles. The Balaban J connectivity index is 1.96. The molecule has 0 unspecified atom stereocenters. The summed E-state index contributed by atoms with van der Waals surface area (Å²) < 4.78 is 4.88. The smallest absolute Gasteiger partial charge is 0.315 e. The second-order valence-electron chi connectivity index (χ2n) is 4.54. The predicted octanol–water partition coefficient (Wildman–Crippen LogP) is 1.20. The average molecular weight is 249 g/mol. The van der Waals surface area contributed by atoms with Gasteiger partial charge in [-0.1, -0.05) is 18.2 Å². The molecule has 1 saturated carbocycles. The number of hydrogen-bond donors (Lipinski definition) is 3. The Hall–Kier alpha value is -1.75. The number of nitrogen functional groups attached to an aromatic ring is 1. The summed E-state index contributed by atoms with van der Waals surface area (Å²) in [5.41, 5.74) is 7.41. The highest BCUT2D eigenvalue weighted by molar-refractivity contribution is 5.76. The number of anilines is 1. The molecule has 1 aliphatic carbocycles. The number of carbonyl (C=O) groups is 1. The van der Waals surface area contributed by atoms with Gasteiger partial charge < -0.3 is 21.1 Å². The number of benzene rings is 1. The summed E-state index contributed by atoms with van der Waals surface area (Å²) in [6.45, 7) is 1.01. The van der Waals surface area contributed by atoms with Gasteiger partial charge in [0.25, 0.3) is 0 Å². The van der Waals surface area contributed by atoms with Gasteiger partial charge in [0.15, 0.2) is 0 Å². The number of nitrogens with one attached hydrogen (secondary N) is 2. The number of urea groups is 1. The molecule has 0 heterocycles. The van der Waals surface area contributed by atoms with Crippen molar-refractivity contribution in [1.29, 1.82) is 0 Å². The summed E-state index contributed by atoms with van der Waals surface area (Å²) in [4.78, 5) is 11.7. The highest BCUT2D eigenvalue weighted by atomic mass is 16.5. The van der Waals surface area contributed by atoms with E-state index in [0.29, 0.717) is 13.2 Å². The summed E-state index contributed by atoms with van der Waals surface area (Å²) in [7, 11) is 1.60. The maximum atomic E-state index is 11.7. The van der Waals surface area contributed by atoms with E-state index in [1.54, 1.807) is 7.11 Å². The Kier molecular flexibility index (Phi) is 3.72. The number of carbonyl (C=O) groups excluding carboxylic acids is 1. The van der Waals surface area contributed by atoms with Gasteiger partial charge >= 0.3 is 6.03 Å². The Labute approximate surface area is 107 Å². The number of methoxy groups -OCH3 is 1. The van der Waals surface area contributed by atoms with Gasteiger partial charge in [0.2, 0.25) is 0 Å². The molecule has 18 heavy (non-hydrogen) atoms. The van der Waals surface area contributed by atoms with E-state index >= 15 is 0 Å². The van der Waals surface area contributed by atoms with Crippen LogP contribution in [0, 0.1) is 0 Å². The first-order chi connectivity index (χ1) is 8.68. The Morgan fingerprint density at radius 2 is 2.17 bits per heavy atom. The van der Waals surface area contributed by atoms with Gasteiger partial charge in [-0.25, -0.2) is 4.79 Å². The molecule has 4 N–H and O–H groups in total. The monoisotopic (exact) mass is 249 g/mol. The minimum atomic E-state index is -0.275. The number of rotatable bonds is 5. The molecule has 0 aromatic heterocycles. The quantitative estimate of drug-likeness (QED) is 0.542. The zero-order valence-electron chi connectivity index (χ0n) is 10.5. The average Bonchev–Trinajstić information content (AvgIpc) is 3.10. The third-order valence-corrected chi connectivity index (χ3v) is 3.17. The van der Waals surface area contributed by atoms with E-state index in [1.807, 2.05) is 24.3 Å². The summed E-state index contributed by atoms with van der Waals surface area (Å²) in [5.74, 6) is 0. The van der Waals surface area contributed by atoms with Crippen molar-refractivity contribution in [2.24, 2.45) is 0 Å². The Morgan fingerprint density at radius 1 is 1.44 bits per heavy atom. The predicted molar refractivity (Wildman–Crippen MR) is 70.2 cm³/mol. The van der Waals surface area contributed by atoms with Crippen LogP contribution >= 0.6 is 0 Å². The molecule has 2 rings (SSSR count). The zero-order chi connectivity index (χ0) is 13.0. The summed E-state index contributed by atoms with van der Waals surface area (Å²) in [5, 5.41) is 5.75. The molecule has 98 valence electrons.